The van der Waals surface area contributed by atoms with Crippen LogP contribution in [0.1, 0.15) is 20.8 Å². The lowest BCUT2D eigenvalue weighted by Crippen LogP contribution is -1.95. The van der Waals surface area contributed by atoms with Crippen LogP contribution in [0.15, 0.2) is 48.7 Å². The van der Waals surface area contributed by atoms with Crippen molar-refractivity contribution < 1.29 is 9.90 Å². The number of thiophene rings is 1. The molecule has 0 spiro atoms. The number of aromatic nitrogens is 1. The lowest BCUT2D eigenvalue weighted by molar-refractivity contribution is 0.0703. The molecule has 0 fully saturated rings. The van der Waals surface area contributed by atoms with Crippen molar-refractivity contribution in [2.75, 3.05) is 0 Å². The molecule has 3 nitrogen and oxygen atoms in total. The number of carbonyl (C=O) groups is 1. The van der Waals surface area contributed by atoms with Crippen LogP contribution in [0.4, 0.5) is 0 Å². The van der Waals surface area contributed by atoms with Crippen LogP contribution in [-0.2, 0) is 0 Å². The summed E-state index contributed by atoms with van der Waals surface area (Å²) in [4.78, 5) is 16.7. The first-order valence-electron chi connectivity index (χ1n) is 7.67. The minimum absolute atomic E-state index is 0.367. The van der Waals surface area contributed by atoms with E-state index >= 15 is 0 Å². The molecule has 0 saturated heterocycles. The molecule has 2 aromatic heterocycles. The number of aromatic carboxylic acids is 1. The number of hydrogen-bond donors (Lipinski definition) is 1. The molecule has 0 aliphatic rings. The Morgan fingerprint density at radius 2 is 1.83 bits per heavy atom. The highest BCUT2D eigenvalue weighted by Gasteiger charge is 2.21. The maximum atomic E-state index is 11.8. The van der Waals surface area contributed by atoms with Crippen LogP contribution < -0.4 is 0 Å². The molecule has 1 N–H and O–H groups in total. The van der Waals surface area contributed by atoms with Crippen LogP contribution in [0.2, 0.25) is 0 Å². The van der Waals surface area contributed by atoms with Gasteiger partial charge in [-0.3, -0.25) is 4.98 Å². The molecule has 0 amide bonds. The molecule has 118 valence electrons. The van der Waals surface area contributed by atoms with Gasteiger partial charge in [-0.25, -0.2) is 4.79 Å². The van der Waals surface area contributed by atoms with Gasteiger partial charge in [-0.05, 0) is 36.6 Å². The number of para-hydroxylation sites is 1. The molecule has 0 bridgehead atoms. The van der Waals surface area contributed by atoms with Gasteiger partial charge in [0.2, 0.25) is 0 Å². The van der Waals surface area contributed by atoms with Crippen molar-refractivity contribution in [3.8, 4) is 11.1 Å². The van der Waals surface area contributed by atoms with Gasteiger partial charge >= 0.3 is 5.97 Å². The van der Waals surface area contributed by atoms with Gasteiger partial charge in [0.05, 0.1) is 5.52 Å². The first-order valence-corrected chi connectivity index (χ1v) is 8.49. The van der Waals surface area contributed by atoms with Crippen molar-refractivity contribution in [2.24, 2.45) is 0 Å². The highest BCUT2D eigenvalue weighted by atomic mass is 32.1. The summed E-state index contributed by atoms with van der Waals surface area (Å²) in [5, 5.41) is 11.6. The average molecular weight is 333 g/mol. The number of fused-ring (bicyclic) bond motifs is 3. The molecule has 0 unspecified atom stereocenters. The fourth-order valence-electron chi connectivity index (χ4n) is 3.01. The molecule has 0 atom stereocenters. The number of carboxylic acids is 1. The Balaban J connectivity index is 2.13. The molecule has 0 aliphatic heterocycles. The van der Waals surface area contributed by atoms with Crippen molar-refractivity contribution in [2.45, 2.75) is 13.8 Å². The summed E-state index contributed by atoms with van der Waals surface area (Å²) >= 11 is 1.33. The molecule has 4 rings (SSSR count). The minimum Gasteiger partial charge on any atom is -0.477 e. The maximum absolute atomic E-state index is 11.8. The fourth-order valence-corrected chi connectivity index (χ4v) is 4.18. The first kappa shape index (κ1) is 14.8. The molecular formula is C20H15NO2S. The van der Waals surface area contributed by atoms with E-state index in [1.165, 1.54) is 16.9 Å². The fraction of sp³-hybridized carbons (Fsp3) is 0.100. The Bertz CT molecular complexity index is 1110. The number of carboxylic acid groups (broad SMARTS) is 1. The van der Waals surface area contributed by atoms with Gasteiger partial charge in [-0.1, -0.05) is 36.4 Å². The van der Waals surface area contributed by atoms with Crippen LogP contribution in [0.3, 0.4) is 0 Å². The predicted molar refractivity (Wildman–Crippen MR) is 99.0 cm³/mol. The molecule has 4 aromatic rings. The van der Waals surface area contributed by atoms with Crippen molar-refractivity contribution in [1.29, 1.82) is 0 Å². The molecule has 2 heterocycles. The summed E-state index contributed by atoms with van der Waals surface area (Å²) in [6.45, 7) is 4.10. The van der Waals surface area contributed by atoms with Crippen LogP contribution in [0.5, 0.6) is 0 Å². The molecule has 0 saturated carbocycles. The average Bonchev–Trinajstić information content (AvgIpc) is 2.97. The van der Waals surface area contributed by atoms with Crippen molar-refractivity contribution in [1.82, 2.24) is 4.98 Å². The number of nitrogens with zero attached hydrogens (tertiary/aromatic N) is 1. The number of pyridine rings is 1. The highest BCUT2D eigenvalue weighted by Crippen LogP contribution is 2.41. The quantitative estimate of drug-likeness (QED) is 0.532. The van der Waals surface area contributed by atoms with E-state index in [1.54, 1.807) is 6.20 Å². The zero-order chi connectivity index (χ0) is 16.8. The largest absolute Gasteiger partial charge is 0.477 e. The molecule has 24 heavy (non-hydrogen) atoms. The second kappa shape index (κ2) is 5.42. The monoisotopic (exact) mass is 333 g/mol. The van der Waals surface area contributed by atoms with Crippen molar-refractivity contribution >= 4 is 38.3 Å². The van der Waals surface area contributed by atoms with Crippen LogP contribution >= 0.6 is 11.3 Å². The second-order valence-electron chi connectivity index (χ2n) is 5.93. The third-order valence-corrected chi connectivity index (χ3v) is 5.64. The van der Waals surface area contributed by atoms with Gasteiger partial charge in [0.15, 0.2) is 0 Å². The number of aryl methyl sites for hydroxylation is 2. The third kappa shape index (κ3) is 2.19. The van der Waals surface area contributed by atoms with E-state index in [2.05, 4.69) is 18.0 Å². The third-order valence-electron chi connectivity index (χ3n) is 4.42. The van der Waals surface area contributed by atoms with Gasteiger partial charge in [-0.2, -0.15) is 0 Å². The number of rotatable bonds is 2. The SMILES string of the molecule is Cc1ccc(-c2c(C(=O)O)sc3c2cnc2ccccc23)cc1C. The number of benzene rings is 2. The minimum atomic E-state index is -0.895. The van der Waals surface area contributed by atoms with Crippen molar-refractivity contribution in [3.63, 3.8) is 0 Å². The van der Waals surface area contributed by atoms with Crippen LogP contribution in [0, 0.1) is 13.8 Å². The predicted octanol–water partition coefficient (Wildman–Crippen LogP) is 5.43. The summed E-state index contributed by atoms with van der Waals surface area (Å²) in [6.07, 6.45) is 1.80. The van der Waals surface area contributed by atoms with Crippen LogP contribution in [0.25, 0.3) is 32.1 Å². The van der Waals surface area contributed by atoms with Crippen LogP contribution in [-0.4, -0.2) is 16.1 Å². The van der Waals surface area contributed by atoms with Gasteiger partial charge in [0, 0.05) is 27.2 Å². The molecule has 2 aromatic carbocycles. The summed E-state index contributed by atoms with van der Waals surface area (Å²) in [5.74, 6) is -0.895. The van der Waals surface area contributed by atoms with Crippen molar-refractivity contribution in [3.05, 3.63) is 64.7 Å². The summed E-state index contributed by atoms with van der Waals surface area (Å²) in [7, 11) is 0. The Morgan fingerprint density at radius 3 is 2.58 bits per heavy atom. The van der Waals surface area contributed by atoms with E-state index in [0.29, 0.717) is 4.88 Å². The normalized spacial score (nSPS) is 11.2. The zero-order valence-electron chi connectivity index (χ0n) is 13.3. The van der Waals surface area contributed by atoms with E-state index in [4.69, 9.17) is 0 Å². The molecule has 4 heteroatoms. The highest BCUT2D eigenvalue weighted by molar-refractivity contribution is 7.22. The van der Waals surface area contributed by atoms with E-state index in [9.17, 15) is 9.90 Å². The standard InChI is InChI=1S/C20H15NO2S/c1-11-7-8-13(9-12(11)2)17-15-10-21-16-6-4-3-5-14(16)18(15)24-19(17)20(22)23/h3-10H,1-2H3,(H,22,23). The lowest BCUT2D eigenvalue weighted by Gasteiger charge is -2.06. The topological polar surface area (TPSA) is 50.2 Å². The maximum Gasteiger partial charge on any atom is 0.346 e. The van der Waals surface area contributed by atoms with Gasteiger partial charge in [0.25, 0.3) is 0 Å². The lowest BCUT2D eigenvalue weighted by atomic mass is 9.98. The number of hydrogen-bond acceptors (Lipinski definition) is 3. The molecular weight excluding hydrogens is 318 g/mol. The molecule has 0 radical (unpaired) electrons. The van der Waals surface area contributed by atoms with Gasteiger partial charge < -0.3 is 5.11 Å². The Hall–Kier alpha value is -2.72. The Labute approximate surface area is 143 Å². The van der Waals surface area contributed by atoms with E-state index in [0.717, 1.165) is 37.7 Å². The first-order chi connectivity index (χ1) is 11.6. The Morgan fingerprint density at radius 1 is 1.04 bits per heavy atom. The Kier molecular flexibility index (Phi) is 3.36. The zero-order valence-corrected chi connectivity index (χ0v) is 14.1. The summed E-state index contributed by atoms with van der Waals surface area (Å²) in [5.41, 5.74) is 4.92. The smallest absolute Gasteiger partial charge is 0.346 e. The molecule has 0 aliphatic carbocycles. The van der Waals surface area contributed by atoms with Gasteiger partial charge in [-0.15, -0.1) is 11.3 Å². The van der Waals surface area contributed by atoms with E-state index in [-0.39, 0.29) is 0 Å². The van der Waals surface area contributed by atoms with E-state index in [1.807, 2.05) is 43.3 Å². The second-order valence-corrected chi connectivity index (χ2v) is 6.95. The summed E-state index contributed by atoms with van der Waals surface area (Å²) < 4.78 is 0.978. The van der Waals surface area contributed by atoms with E-state index < -0.39 is 5.97 Å². The summed E-state index contributed by atoms with van der Waals surface area (Å²) in [6, 6.07) is 13.9. The van der Waals surface area contributed by atoms with Gasteiger partial charge in [0.1, 0.15) is 4.88 Å².